The molecule has 1 aliphatic heterocycles. The Balaban J connectivity index is 1.65. The smallest absolute Gasteiger partial charge is 0.242 e. The Kier molecular flexibility index (Phi) is 3.58. The van der Waals surface area contributed by atoms with E-state index in [1.165, 1.54) is 11.3 Å². The Morgan fingerprint density at radius 2 is 2.25 bits per heavy atom. The van der Waals surface area contributed by atoms with Crippen LogP contribution in [0.2, 0.25) is 0 Å². The molecule has 1 unspecified atom stereocenters. The second kappa shape index (κ2) is 5.52. The molecule has 20 heavy (non-hydrogen) atoms. The zero-order chi connectivity index (χ0) is 13.9. The van der Waals surface area contributed by atoms with Gasteiger partial charge in [0.05, 0.1) is 0 Å². The van der Waals surface area contributed by atoms with E-state index >= 15 is 0 Å². The molecule has 0 fully saturated rings. The van der Waals surface area contributed by atoms with E-state index in [9.17, 15) is 4.79 Å². The van der Waals surface area contributed by atoms with Crippen molar-refractivity contribution < 1.29 is 14.3 Å². The molecule has 1 aliphatic rings. The zero-order valence-corrected chi connectivity index (χ0v) is 11.5. The Morgan fingerprint density at radius 1 is 1.35 bits per heavy atom. The topological polar surface area (TPSA) is 73.6 Å². The van der Waals surface area contributed by atoms with Crippen LogP contribution in [-0.2, 0) is 11.3 Å². The Labute approximate surface area is 120 Å². The largest absolute Gasteiger partial charge is 0.454 e. The number of para-hydroxylation sites is 1. The summed E-state index contributed by atoms with van der Waals surface area (Å²) in [5, 5.41) is 4.72. The van der Waals surface area contributed by atoms with Crippen LogP contribution in [0.1, 0.15) is 16.5 Å². The first-order chi connectivity index (χ1) is 9.75. The summed E-state index contributed by atoms with van der Waals surface area (Å²) < 4.78 is 10.7. The predicted octanol–water partition coefficient (Wildman–Crippen LogP) is 1.79. The lowest BCUT2D eigenvalue weighted by Crippen LogP contribution is -2.33. The number of benzene rings is 1. The standard InChI is InChI=1S/C14H14N2O3S/c15-12(11-5-2-6-20-11)14(17)16-7-9-3-1-4-10-13(9)19-8-18-10/h1-6,12H,7-8,15H2,(H,16,17). The van der Waals surface area contributed by atoms with Crippen molar-refractivity contribution in [1.82, 2.24) is 5.32 Å². The highest BCUT2D eigenvalue weighted by Crippen LogP contribution is 2.35. The molecule has 0 spiro atoms. The minimum atomic E-state index is -0.635. The number of amides is 1. The average molecular weight is 290 g/mol. The average Bonchev–Trinajstić information content (AvgIpc) is 3.14. The van der Waals surface area contributed by atoms with Crippen molar-refractivity contribution in [3.05, 3.63) is 46.2 Å². The highest BCUT2D eigenvalue weighted by Gasteiger charge is 2.20. The molecule has 0 bridgehead atoms. The summed E-state index contributed by atoms with van der Waals surface area (Å²) in [4.78, 5) is 12.9. The van der Waals surface area contributed by atoms with Gasteiger partial charge in [-0.25, -0.2) is 0 Å². The van der Waals surface area contributed by atoms with Gasteiger partial charge in [0.1, 0.15) is 6.04 Å². The summed E-state index contributed by atoms with van der Waals surface area (Å²) in [5.41, 5.74) is 6.78. The van der Waals surface area contributed by atoms with E-state index in [0.29, 0.717) is 18.0 Å². The Bertz CT molecular complexity index is 613. The van der Waals surface area contributed by atoms with E-state index in [0.717, 1.165) is 10.4 Å². The van der Waals surface area contributed by atoms with E-state index in [2.05, 4.69) is 5.32 Å². The molecular weight excluding hydrogens is 276 g/mol. The Hall–Kier alpha value is -2.05. The lowest BCUT2D eigenvalue weighted by molar-refractivity contribution is -0.122. The number of nitrogens with two attached hydrogens (primary N) is 1. The lowest BCUT2D eigenvalue weighted by atomic mass is 10.1. The first kappa shape index (κ1) is 13.0. The third-order valence-corrected chi connectivity index (χ3v) is 4.02. The van der Waals surface area contributed by atoms with Crippen molar-refractivity contribution in [1.29, 1.82) is 0 Å². The van der Waals surface area contributed by atoms with Gasteiger partial charge in [0.15, 0.2) is 11.5 Å². The van der Waals surface area contributed by atoms with Crippen LogP contribution in [-0.4, -0.2) is 12.7 Å². The third-order valence-electron chi connectivity index (χ3n) is 3.06. The van der Waals surface area contributed by atoms with Crippen LogP contribution < -0.4 is 20.5 Å². The summed E-state index contributed by atoms with van der Waals surface area (Å²) in [6.45, 7) is 0.583. The summed E-state index contributed by atoms with van der Waals surface area (Å²) >= 11 is 1.47. The molecule has 0 saturated carbocycles. The Morgan fingerprint density at radius 3 is 3.05 bits per heavy atom. The molecule has 0 aliphatic carbocycles. The lowest BCUT2D eigenvalue weighted by Gasteiger charge is -2.11. The van der Waals surface area contributed by atoms with Gasteiger partial charge in [-0.1, -0.05) is 18.2 Å². The summed E-state index contributed by atoms with van der Waals surface area (Å²) in [5.74, 6) is 1.20. The van der Waals surface area contributed by atoms with Crippen LogP contribution in [0.25, 0.3) is 0 Å². The number of hydrogen-bond acceptors (Lipinski definition) is 5. The molecule has 3 rings (SSSR count). The van der Waals surface area contributed by atoms with Crippen molar-refractivity contribution in [2.24, 2.45) is 5.73 Å². The minimum absolute atomic E-state index is 0.205. The molecule has 0 radical (unpaired) electrons. The van der Waals surface area contributed by atoms with Gasteiger partial charge in [-0.3, -0.25) is 4.79 Å². The minimum Gasteiger partial charge on any atom is -0.454 e. The number of rotatable bonds is 4. The number of carbonyl (C=O) groups is 1. The molecule has 2 heterocycles. The fraction of sp³-hybridized carbons (Fsp3) is 0.214. The molecule has 1 aromatic heterocycles. The van der Waals surface area contributed by atoms with Gasteiger partial charge < -0.3 is 20.5 Å². The van der Waals surface area contributed by atoms with E-state index in [1.807, 2.05) is 35.7 Å². The maximum absolute atomic E-state index is 12.0. The zero-order valence-electron chi connectivity index (χ0n) is 10.7. The fourth-order valence-electron chi connectivity index (χ4n) is 2.02. The van der Waals surface area contributed by atoms with Crippen molar-refractivity contribution in [2.45, 2.75) is 12.6 Å². The number of ether oxygens (including phenoxy) is 2. The fourth-order valence-corrected chi connectivity index (χ4v) is 2.74. The first-order valence-corrected chi connectivity index (χ1v) is 7.08. The third kappa shape index (κ3) is 2.48. The summed E-state index contributed by atoms with van der Waals surface area (Å²) in [6.07, 6.45) is 0. The second-order valence-electron chi connectivity index (χ2n) is 4.36. The normalized spacial score (nSPS) is 14.1. The molecule has 5 nitrogen and oxygen atoms in total. The molecular formula is C14H14N2O3S. The molecule has 1 atom stereocenters. The molecule has 1 aromatic carbocycles. The quantitative estimate of drug-likeness (QED) is 0.900. The highest BCUT2D eigenvalue weighted by molar-refractivity contribution is 7.10. The number of hydrogen-bond donors (Lipinski definition) is 2. The maximum atomic E-state index is 12.0. The number of nitrogens with one attached hydrogen (secondary N) is 1. The first-order valence-electron chi connectivity index (χ1n) is 6.20. The van der Waals surface area contributed by atoms with E-state index in [1.54, 1.807) is 0 Å². The van der Waals surface area contributed by atoms with Gasteiger partial charge in [-0.2, -0.15) is 0 Å². The van der Waals surface area contributed by atoms with Crippen LogP contribution in [0, 0.1) is 0 Å². The monoisotopic (exact) mass is 290 g/mol. The second-order valence-corrected chi connectivity index (χ2v) is 5.34. The van der Waals surface area contributed by atoms with Crippen LogP contribution in [0.15, 0.2) is 35.7 Å². The number of thiophene rings is 1. The van der Waals surface area contributed by atoms with Crippen molar-refractivity contribution in [2.75, 3.05) is 6.79 Å². The van der Waals surface area contributed by atoms with E-state index in [4.69, 9.17) is 15.2 Å². The van der Waals surface area contributed by atoms with Crippen LogP contribution in [0.5, 0.6) is 11.5 Å². The van der Waals surface area contributed by atoms with E-state index < -0.39 is 6.04 Å². The SMILES string of the molecule is NC(C(=O)NCc1cccc2c1OCO2)c1cccs1. The maximum Gasteiger partial charge on any atom is 0.242 e. The number of carbonyl (C=O) groups excluding carboxylic acids is 1. The molecule has 104 valence electrons. The van der Waals surface area contributed by atoms with Crippen molar-refractivity contribution in [3.63, 3.8) is 0 Å². The van der Waals surface area contributed by atoms with Crippen molar-refractivity contribution >= 4 is 17.2 Å². The van der Waals surface area contributed by atoms with Crippen LogP contribution in [0.4, 0.5) is 0 Å². The van der Waals surface area contributed by atoms with Crippen molar-refractivity contribution in [3.8, 4) is 11.5 Å². The van der Waals surface area contributed by atoms with Gasteiger partial charge in [0, 0.05) is 17.0 Å². The molecule has 3 N–H and O–H groups in total. The molecule has 0 saturated heterocycles. The molecule has 1 amide bonds. The van der Waals surface area contributed by atoms with E-state index in [-0.39, 0.29) is 12.7 Å². The molecule has 2 aromatic rings. The number of fused-ring (bicyclic) bond motifs is 1. The summed E-state index contributed by atoms with van der Waals surface area (Å²) in [6, 6.07) is 8.70. The van der Waals surface area contributed by atoms with Crippen LogP contribution in [0.3, 0.4) is 0 Å². The molecule has 6 heteroatoms. The van der Waals surface area contributed by atoms with Gasteiger partial charge in [-0.05, 0) is 17.5 Å². The van der Waals surface area contributed by atoms with Gasteiger partial charge in [0.2, 0.25) is 12.7 Å². The van der Waals surface area contributed by atoms with Gasteiger partial charge in [-0.15, -0.1) is 11.3 Å². The predicted molar refractivity (Wildman–Crippen MR) is 75.7 cm³/mol. The van der Waals surface area contributed by atoms with Gasteiger partial charge >= 0.3 is 0 Å². The summed E-state index contributed by atoms with van der Waals surface area (Å²) in [7, 11) is 0. The van der Waals surface area contributed by atoms with Crippen LogP contribution >= 0.6 is 11.3 Å². The van der Waals surface area contributed by atoms with Gasteiger partial charge in [0.25, 0.3) is 0 Å². The highest BCUT2D eigenvalue weighted by atomic mass is 32.1.